The van der Waals surface area contributed by atoms with Crippen LogP contribution in [0.1, 0.15) is 10.4 Å². The minimum absolute atomic E-state index is 0.275. The first kappa shape index (κ1) is 13.7. The summed E-state index contributed by atoms with van der Waals surface area (Å²) in [7, 11) is 1.61. The lowest BCUT2D eigenvalue weighted by atomic mass is 10.3. The molecule has 0 aliphatic rings. The Kier molecular flexibility index (Phi) is 3.68. The van der Waals surface area contributed by atoms with Crippen molar-refractivity contribution in [3.8, 4) is 5.75 Å². The van der Waals surface area contributed by atoms with Gasteiger partial charge in [0, 0.05) is 6.20 Å². The molecule has 1 aromatic carbocycles. The zero-order valence-corrected chi connectivity index (χ0v) is 12.7. The quantitative estimate of drug-likeness (QED) is 0.724. The Hall–Kier alpha value is -2.25. The third-order valence-corrected chi connectivity index (χ3v) is 4.15. The Morgan fingerprint density at radius 3 is 3.05 bits per heavy atom. The van der Waals surface area contributed by atoms with Crippen LogP contribution in [-0.4, -0.2) is 23.0 Å². The van der Waals surface area contributed by atoms with Crippen LogP contribution in [0.15, 0.2) is 36.5 Å². The molecule has 5 nitrogen and oxygen atoms in total. The number of thiazole rings is 1. The summed E-state index contributed by atoms with van der Waals surface area (Å²) < 4.78 is 6.52. The zero-order valence-electron chi connectivity index (χ0n) is 11.0. The van der Waals surface area contributed by atoms with E-state index in [-0.39, 0.29) is 5.91 Å². The van der Waals surface area contributed by atoms with Crippen LogP contribution in [0.4, 0.5) is 5.13 Å². The maximum absolute atomic E-state index is 12.2. The smallest absolute Gasteiger partial charge is 0.260 e. The molecular weight excluding hydrogens is 306 g/mol. The lowest BCUT2D eigenvalue weighted by Gasteiger charge is -2.00. The normalized spacial score (nSPS) is 10.5. The Balaban J connectivity index is 1.90. The molecular formula is C14H11N3O2S2. The van der Waals surface area contributed by atoms with Gasteiger partial charge in [-0.15, -0.1) is 0 Å². The first-order chi connectivity index (χ1) is 10.2. The Labute approximate surface area is 129 Å². The number of amides is 1. The third kappa shape index (κ3) is 2.79. The van der Waals surface area contributed by atoms with Crippen molar-refractivity contribution in [3.05, 3.63) is 46.7 Å². The van der Waals surface area contributed by atoms with Crippen LogP contribution in [0.3, 0.4) is 0 Å². The second-order valence-electron chi connectivity index (χ2n) is 4.22. The lowest BCUT2D eigenvalue weighted by molar-refractivity contribution is 0.102. The van der Waals surface area contributed by atoms with E-state index < -0.39 is 0 Å². The Bertz CT molecular complexity index is 870. The average Bonchev–Trinajstić information content (AvgIpc) is 2.88. The molecule has 0 radical (unpaired) electrons. The van der Waals surface area contributed by atoms with Crippen LogP contribution >= 0.6 is 23.6 Å². The van der Waals surface area contributed by atoms with Gasteiger partial charge >= 0.3 is 0 Å². The fraction of sp³-hybridized carbons (Fsp3) is 0.0714. The maximum Gasteiger partial charge on any atom is 0.260 e. The van der Waals surface area contributed by atoms with Crippen LogP contribution in [0.5, 0.6) is 5.75 Å². The van der Waals surface area contributed by atoms with Crippen molar-refractivity contribution in [3.63, 3.8) is 0 Å². The number of carbonyl (C=O) groups is 1. The predicted molar refractivity (Wildman–Crippen MR) is 85.8 cm³/mol. The molecule has 0 aliphatic heterocycles. The molecule has 3 aromatic rings. The number of H-pyrrole nitrogens is 1. The molecule has 0 spiro atoms. The fourth-order valence-corrected chi connectivity index (χ4v) is 2.97. The van der Waals surface area contributed by atoms with Crippen LogP contribution in [0.2, 0.25) is 0 Å². The molecule has 21 heavy (non-hydrogen) atoms. The Morgan fingerprint density at radius 2 is 2.29 bits per heavy atom. The summed E-state index contributed by atoms with van der Waals surface area (Å²) in [5.74, 6) is 0.484. The molecule has 0 bridgehead atoms. The number of methoxy groups -OCH3 is 1. The number of nitrogens with one attached hydrogen (secondary N) is 2. The molecule has 0 saturated carbocycles. The summed E-state index contributed by atoms with van der Waals surface area (Å²) in [6.45, 7) is 0. The van der Waals surface area contributed by atoms with Crippen molar-refractivity contribution in [2.75, 3.05) is 12.4 Å². The van der Waals surface area contributed by atoms with E-state index in [9.17, 15) is 4.79 Å². The van der Waals surface area contributed by atoms with Gasteiger partial charge in [0.2, 0.25) is 0 Å². The van der Waals surface area contributed by atoms with E-state index >= 15 is 0 Å². The summed E-state index contributed by atoms with van der Waals surface area (Å²) in [6, 6.07) is 8.98. The molecule has 2 heterocycles. The van der Waals surface area contributed by atoms with Crippen molar-refractivity contribution in [1.82, 2.24) is 9.97 Å². The first-order valence-corrected chi connectivity index (χ1v) is 7.33. The number of rotatable bonds is 3. The molecule has 0 fully saturated rings. The number of aromatic amines is 1. The highest BCUT2D eigenvalue weighted by atomic mass is 32.1. The van der Waals surface area contributed by atoms with E-state index in [4.69, 9.17) is 17.0 Å². The van der Waals surface area contributed by atoms with Crippen LogP contribution in [0.25, 0.3) is 10.2 Å². The molecule has 0 atom stereocenters. The van der Waals surface area contributed by atoms with Crippen molar-refractivity contribution in [1.29, 1.82) is 0 Å². The number of fused-ring (bicyclic) bond motifs is 1. The zero-order chi connectivity index (χ0) is 14.8. The molecule has 7 heteroatoms. The molecule has 106 valence electrons. The molecule has 2 N–H and O–H groups in total. The van der Waals surface area contributed by atoms with Gasteiger partial charge in [-0.3, -0.25) is 10.1 Å². The van der Waals surface area contributed by atoms with Crippen molar-refractivity contribution < 1.29 is 9.53 Å². The minimum Gasteiger partial charge on any atom is -0.497 e. The maximum atomic E-state index is 12.2. The lowest BCUT2D eigenvalue weighted by Crippen LogP contribution is -2.12. The number of anilines is 1. The monoisotopic (exact) mass is 317 g/mol. The van der Waals surface area contributed by atoms with Gasteiger partial charge in [-0.1, -0.05) is 23.6 Å². The number of hydrogen-bond acceptors (Lipinski definition) is 5. The van der Waals surface area contributed by atoms with E-state index in [0.29, 0.717) is 15.3 Å². The SMILES string of the molecule is COc1ccc2nc(NC(=O)c3ccc[nH]c3=S)sc2c1. The molecule has 0 aliphatic carbocycles. The highest BCUT2D eigenvalue weighted by molar-refractivity contribution is 7.71. The van der Waals surface area contributed by atoms with Gasteiger partial charge in [-0.25, -0.2) is 4.98 Å². The number of benzene rings is 1. The number of nitrogens with zero attached hydrogens (tertiary/aromatic N) is 1. The van der Waals surface area contributed by atoms with Gasteiger partial charge in [0.25, 0.3) is 5.91 Å². The van der Waals surface area contributed by atoms with Gasteiger partial charge in [0.05, 0.1) is 22.9 Å². The minimum atomic E-state index is -0.275. The van der Waals surface area contributed by atoms with Crippen LogP contribution in [-0.2, 0) is 0 Å². The van der Waals surface area contributed by atoms with E-state index in [1.165, 1.54) is 11.3 Å². The number of ether oxygens (including phenoxy) is 1. The first-order valence-electron chi connectivity index (χ1n) is 6.11. The highest BCUT2D eigenvalue weighted by Gasteiger charge is 2.11. The van der Waals surface area contributed by atoms with E-state index in [1.54, 1.807) is 25.4 Å². The Morgan fingerprint density at radius 1 is 1.43 bits per heavy atom. The number of pyridine rings is 1. The standard InChI is InChI=1S/C14H11N3O2S2/c1-19-8-4-5-10-11(7-8)21-14(16-10)17-12(18)9-3-2-6-15-13(9)20/h2-7H,1H3,(H,15,20)(H,16,17,18). The van der Waals surface area contributed by atoms with Crippen molar-refractivity contribution >= 4 is 44.8 Å². The second kappa shape index (κ2) is 5.63. The molecule has 2 aromatic heterocycles. The summed E-state index contributed by atoms with van der Waals surface area (Å²) in [4.78, 5) is 19.4. The van der Waals surface area contributed by atoms with E-state index in [2.05, 4.69) is 15.3 Å². The van der Waals surface area contributed by atoms with Gasteiger partial charge < -0.3 is 9.72 Å². The summed E-state index contributed by atoms with van der Waals surface area (Å²) in [5, 5.41) is 3.30. The van der Waals surface area contributed by atoms with Crippen molar-refractivity contribution in [2.45, 2.75) is 0 Å². The summed E-state index contributed by atoms with van der Waals surface area (Å²) >= 11 is 6.48. The predicted octanol–water partition coefficient (Wildman–Crippen LogP) is 3.61. The average molecular weight is 317 g/mol. The molecule has 1 amide bonds. The second-order valence-corrected chi connectivity index (χ2v) is 5.66. The van der Waals surface area contributed by atoms with Crippen molar-refractivity contribution in [2.24, 2.45) is 0 Å². The summed E-state index contributed by atoms with van der Waals surface area (Å²) in [6.07, 6.45) is 1.68. The van der Waals surface area contributed by atoms with Crippen LogP contribution in [0, 0.1) is 4.64 Å². The third-order valence-electron chi connectivity index (χ3n) is 2.88. The molecule has 0 unspecified atom stereocenters. The van der Waals surface area contributed by atoms with Gasteiger partial charge in [0.1, 0.15) is 10.4 Å². The topological polar surface area (TPSA) is 67.0 Å². The van der Waals surface area contributed by atoms with Gasteiger partial charge in [-0.2, -0.15) is 0 Å². The van der Waals surface area contributed by atoms with Gasteiger partial charge in [-0.05, 0) is 30.3 Å². The molecule has 3 rings (SSSR count). The van der Waals surface area contributed by atoms with Crippen LogP contribution < -0.4 is 10.1 Å². The number of hydrogen-bond donors (Lipinski definition) is 2. The van der Waals surface area contributed by atoms with Gasteiger partial charge in [0.15, 0.2) is 5.13 Å². The van der Waals surface area contributed by atoms with E-state index in [0.717, 1.165) is 16.0 Å². The summed E-state index contributed by atoms with van der Waals surface area (Å²) in [5.41, 5.74) is 1.23. The largest absolute Gasteiger partial charge is 0.497 e. The number of aromatic nitrogens is 2. The highest BCUT2D eigenvalue weighted by Crippen LogP contribution is 2.29. The van der Waals surface area contributed by atoms with E-state index in [1.807, 2.05) is 18.2 Å². The molecule has 0 saturated heterocycles. The number of carbonyl (C=O) groups excluding carboxylic acids is 1. The fourth-order valence-electron chi connectivity index (χ4n) is 1.85.